The fourth-order valence-electron chi connectivity index (χ4n) is 2.67. The first kappa shape index (κ1) is 13.2. The molecular formula is C12H21NO3S. The number of hydrogen-bond acceptors (Lipinski definition) is 4. The molecule has 0 aromatic carbocycles. The molecule has 0 aromatic rings. The molecule has 3 atom stereocenters. The monoisotopic (exact) mass is 259 g/mol. The maximum Gasteiger partial charge on any atom is 0.320 e. The van der Waals surface area contributed by atoms with Gasteiger partial charge in [-0.3, -0.25) is 10.1 Å². The van der Waals surface area contributed by atoms with Crippen molar-refractivity contribution in [3.05, 3.63) is 0 Å². The molecule has 2 saturated heterocycles. The molecule has 2 rings (SSSR count). The number of carbonyl (C=O) groups is 1. The van der Waals surface area contributed by atoms with Crippen LogP contribution in [0.15, 0.2) is 0 Å². The fourth-order valence-corrected chi connectivity index (χ4v) is 4.27. The summed E-state index contributed by atoms with van der Waals surface area (Å²) in [5.74, 6) is 0.193. The zero-order valence-electron chi connectivity index (χ0n) is 10.5. The minimum atomic E-state index is -0.727. The van der Waals surface area contributed by atoms with E-state index >= 15 is 0 Å². The number of carboxylic acids is 1. The molecule has 0 aliphatic carbocycles. The zero-order chi connectivity index (χ0) is 12.5. The Hall–Kier alpha value is -0.260. The molecule has 98 valence electrons. The summed E-state index contributed by atoms with van der Waals surface area (Å²) in [6, 6.07) is -0.393. The Morgan fingerprint density at radius 2 is 2.41 bits per heavy atom. The molecule has 4 nitrogen and oxygen atoms in total. The van der Waals surface area contributed by atoms with Crippen molar-refractivity contribution in [3.63, 3.8) is 0 Å². The smallest absolute Gasteiger partial charge is 0.320 e. The van der Waals surface area contributed by atoms with Crippen LogP contribution in [0.1, 0.15) is 39.5 Å². The second-order valence-corrected chi connectivity index (χ2v) is 6.72. The van der Waals surface area contributed by atoms with Gasteiger partial charge in [-0.05, 0) is 31.9 Å². The highest BCUT2D eigenvalue weighted by atomic mass is 32.2. The average molecular weight is 259 g/mol. The van der Waals surface area contributed by atoms with Gasteiger partial charge in [-0.2, -0.15) is 0 Å². The van der Waals surface area contributed by atoms with Crippen molar-refractivity contribution in [3.8, 4) is 0 Å². The molecule has 0 saturated carbocycles. The van der Waals surface area contributed by atoms with Crippen LogP contribution in [0, 0.1) is 0 Å². The lowest BCUT2D eigenvalue weighted by molar-refractivity contribution is -0.141. The first-order valence-corrected chi connectivity index (χ1v) is 7.26. The molecular weight excluding hydrogens is 238 g/mol. The summed E-state index contributed by atoms with van der Waals surface area (Å²) >= 11 is 1.87. The minimum Gasteiger partial charge on any atom is -0.480 e. The van der Waals surface area contributed by atoms with Gasteiger partial charge >= 0.3 is 5.97 Å². The number of ether oxygens (including phenoxy) is 1. The molecule has 2 aliphatic heterocycles. The second-order valence-electron chi connectivity index (χ2n) is 5.25. The molecule has 3 unspecified atom stereocenters. The van der Waals surface area contributed by atoms with E-state index in [4.69, 9.17) is 9.84 Å². The van der Waals surface area contributed by atoms with Crippen LogP contribution in [0.3, 0.4) is 0 Å². The third-order valence-electron chi connectivity index (χ3n) is 3.88. The lowest BCUT2D eigenvalue weighted by Gasteiger charge is -2.49. The third kappa shape index (κ3) is 2.77. The van der Waals surface area contributed by atoms with E-state index in [9.17, 15) is 4.79 Å². The normalized spacial score (nSPS) is 42.6. The number of thioether (sulfide) groups is 1. The van der Waals surface area contributed by atoms with E-state index in [0.29, 0.717) is 6.42 Å². The van der Waals surface area contributed by atoms with Crippen LogP contribution >= 0.6 is 11.8 Å². The van der Waals surface area contributed by atoms with E-state index in [1.165, 1.54) is 0 Å². The Morgan fingerprint density at radius 1 is 1.65 bits per heavy atom. The molecule has 0 bridgehead atoms. The number of hydrogen-bond donors (Lipinski definition) is 2. The van der Waals surface area contributed by atoms with E-state index in [1.54, 1.807) is 0 Å². The number of carboxylic acid groups (broad SMARTS) is 1. The van der Waals surface area contributed by atoms with Crippen LogP contribution in [0.5, 0.6) is 0 Å². The molecule has 1 spiro atoms. The van der Waals surface area contributed by atoms with Gasteiger partial charge in [0.25, 0.3) is 0 Å². The van der Waals surface area contributed by atoms with E-state index in [1.807, 2.05) is 11.8 Å². The molecule has 0 radical (unpaired) electrons. The van der Waals surface area contributed by atoms with Gasteiger partial charge in [0.1, 0.15) is 6.04 Å². The Labute approximate surface area is 106 Å². The van der Waals surface area contributed by atoms with E-state index in [2.05, 4.69) is 19.2 Å². The van der Waals surface area contributed by atoms with Gasteiger partial charge < -0.3 is 9.84 Å². The van der Waals surface area contributed by atoms with Crippen molar-refractivity contribution in [1.29, 1.82) is 0 Å². The summed E-state index contributed by atoms with van der Waals surface area (Å²) in [5, 5.41) is 12.5. The maximum absolute atomic E-state index is 11.1. The number of nitrogens with one attached hydrogen (secondary N) is 1. The molecule has 0 aromatic heterocycles. The summed E-state index contributed by atoms with van der Waals surface area (Å²) in [6.07, 6.45) is 3.47. The first-order chi connectivity index (χ1) is 7.99. The maximum atomic E-state index is 11.1. The van der Waals surface area contributed by atoms with E-state index in [-0.39, 0.29) is 10.5 Å². The highest BCUT2D eigenvalue weighted by Gasteiger charge is 2.46. The van der Waals surface area contributed by atoms with Crippen molar-refractivity contribution in [1.82, 2.24) is 5.32 Å². The Morgan fingerprint density at radius 3 is 3.06 bits per heavy atom. The van der Waals surface area contributed by atoms with Crippen LogP contribution < -0.4 is 5.32 Å². The molecule has 0 amide bonds. The van der Waals surface area contributed by atoms with Gasteiger partial charge in [0.15, 0.2) is 0 Å². The first-order valence-electron chi connectivity index (χ1n) is 6.27. The van der Waals surface area contributed by atoms with Gasteiger partial charge in [-0.25, -0.2) is 0 Å². The fraction of sp³-hybridized carbons (Fsp3) is 0.917. The summed E-state index contributed by atoms with van der Waals surface area (Å²) in [5.41, 5.74) is -0.112. The van der Waals surface area contributed by atoms with Gasteiger partial charge in [0.2, 0.25) is 0 Å². The van der Waals surface area contributed by atoms with Crippen molar-refractivity contribution >= 4 is 17.7 Å². The number of aliphatic carboxylic acids is 1. The van der Waals surface area contributed by atoms with Crippen molar-refractivity contribution < 1.29 is 14.6 Å². The highest BCUT2D eigenvalue weighted by molar-refractivity contribution is 8.00. The summed E-state index contributed by atoms with van der Waals surface area (Å²) < 4.78 is 5.84. The van der Waals surface area contributed by atoms with Gasteiger partial charge in [-0.1, -0.05) is 6.92 Å². The summed E-state index contributed by atoms with van der Waals surface area (Å²) in [4.78, 5) is 11.0. The van der Waals surface area contributed by atoms with Gasteiger partial charge in [0.05, 0.1) is 10.5 Å². The SMILES string of the molecule is CCC1(C)CC2(CCO1)NC(C(=O)O)CCS2. The molecule has 17 heavy (non-hydrogen) atoms. The van der Waals surface area contributed by atoms with E-state index < -0.39 is 12.0 Å². The third-order valence-corrected chi connectivity index (χ3v) is 5.34. The van der Waals surface area contributed by atoms with Crippen LogP contribution in [-0.4, -0.2) is 39.9 Å². The molecule has 2 fully saturated rings. The number of rotatable bonds is 2. The average Bonchev–Trinajstić information content (AvgIpc) is 2.29. The summed E-state index contributed by atoms with van der Waals surface area (Å²) in [6.45, 7) is 4.97. The Bertz CT molecular complexity index is 308. The molecule has 2 aliphatic rings. The predicted molar refractivity (Wildman–Crippen MR) is 68.2 cm³/mol. The van der Waals surface area contributed by atoms with Crippen LogP contribution in [-0.2, 0) is 9.53 Å². The molecule has 5 heteroatoms. The van der Waals surface area contributed by atoms with Crippen LogP contribution in [0.25, 0.3) is 0 Å². The highest BCUT2D eigenvalue weighted by Crippen LogP contribution is 2.44. The van der Waals surface area contributed by atoms with Crippen LogP contribution in [0.2, 0.25) is 0 Å². The van der Waals surface area contributed by atoms with Gasteiger partial charge in [-0.15, -0.1) is 11.8 Å². The second kappa shape index (κ2) is 4.78. The zero-order valence-corrected chi connectivity index (χ0v) is 11.3. The van der Waals surface area contributed by atoms with Crippen molar-refractivity contribution in [2.24, 2.45) is 0 Å². The standard InChI is InChI=1S/C12H21NO3S/c1-3-11(2)8-12(5-6-16-11)13-9(10(14)15)4-7-17-12/h9,13H,3-8H2,1-2H3,(H,14,15). The van der Waals surface area contributed by atoms with Gasteiger partial charge in [0, 0.05) is 13.0 Å². The van der Waals surface area contributed by atoms with Crippen LogP contribution in [0.4, 0.5) is 0 Å². The lowest BCUT2D eigenvalue weighted by Crippen LogP contribution is -2.60. The molecule has 2 heterocycles. The quantitative estimate of drug-likeness (QED) is 0.792. The lowest BCUT2D eigenvalue weighted by atomic mass is 9.88. The Balaban J connectivity index is 2.10. The topological polar surface area (TPSA) is 58.6 Å². The minimum absolute atomic E-state index is 0.0929. The Kier molecular flexibility index (Phi) is 3.71. The summed E-state index contributed by atoms with van der Waals surface area (Å²) in [7, 11) is 0. The largest absolute Gasteiger partial charge is 0.480 e. The molecule has 2 N–H and O–H groups in total. The van der Waals surface area contributed by atoms with E-state index in [0.717, 1.165) is 31.6 Å². The van der Waals surface area contributed by atoms with Crippen molar-refractivity contribution in [2.75, 3.05) is 12.4 Å². The predicted octanol–water partition coefficient (Wildman–Crippen LogP) is 1.84. The van der Waals surface area contributed by atoms with Crippen molar-refractivity contribution in [2.45, 2.75) is 56.0 Å².